The fourth-order valence-electron chi connectivity index (χ4n) is 1.46. The van der Waals surface area contributed by atoms with Crippen LogP contribution in [0.3, 0.4) is 0 Å². The van der Waals surface area contributed by atoms with E-state index in [-0.39, 0.29) is 0 Å². The van der Waals surface area contributed by atoms with Gasteiger partial charge in [-0.1, -0.05) is 6.92 Å². The Hall–Kier alpha value is -1.05. The molecule has 2 N–H and O–H groups in total. The molecule has 1 aliphatic rings. The van der Waals surface area contributed by atoms with Gasteiger partial charge in [-0.25, -0.2) is 0 Å². The average molecular weight is 162 g/mol. The fourth-order valence-corrected chi connectivity index (χ4v) is 1.46. The van der Waals surface area contributed by atoms with Crippen LogP contribution in [0.2, 0.25) is 0 Å². The van der Waals surface area contributed by atoms with Gasteiger partial charge in [-0.3, -0.25) is 4.98 Å². The van der Waals surface area contributed by atoms with Gasteiger partial charge >= 0.3 is 0 Å². The van der Waals surface area contributed by atoms with Crippen LogP contribution in [-0.4, -0.2) is 4.98 Å². The van der Waals surface area contributed by atoms with E-state index in [4.69, 9.17) is 5.73 Å². The summed E-state index contributed by atoms with van der Waals surface area (Å²) in [5.41, 5.74) is 9.05. The second-order valence-electron chi connectivity index (χ2n) is 3.43. The molecular weight excluding hydrogens is 148 g/mol. The number of rotatable bonds is 2. The van der Waals surface area contributed by atoms with Gasteiger partial charge in [0.25, 0.3) is 0 Å². The summed E-state index contributed by atoms with van der Waals surface area (Å²) in [4.78, 5) is 4.33. The molecule has 0 bridgehead atoms. The summed E-state index contributed by atoms with van der Waals surface area (Å²) in [7, 11) is 0. The van der Waals surface area contributed by atoms with Gasteiger partial charge in [0, 0.05) is 6.20 Å². The topological polar surface area (TPSA) is 38.9 Å². The highest BCUT2D eigenvalue weighted by atomic mass is 14.7. The molecule has 1 heterocycles. The fraction of sp³-hybridized carbons (Fsp3) is 0.500. The summed E-state index contributed by atoms with van der Waals surface area (Å²) >= 11 is 0. The smallest absolute Gasteiger partial charge is 0.0630 e. The number of pyridine rings is 1. The van der Waals surface area contributed by atoms with E-state index in [0.717, 1.165) is 23.7 Å². The monoisotopic (exact) mass is 162 g/mol. The van der Waals surface area contributed by atoms with Crippen LogP contribution in [0.15, 0.2) is 12.3 Å². The quantitative estimate of drug-likeness (QED) is 0.723. The first-order valence-corrected chi connectivity index (χ1v) is 4.55. The molecule has 2 heteroatoms. The summed E-state index contributed by atoms with van der Waals surface area (Å²) in [6.07, 6.45) is 5.53. The van der Waals surface area contributed by atoms with Crippen molar-refractivity contribution in [3.63, 3.8) is 0 Å². The Bertz CT molecular complexity index is 290. The van der Waals surface area contributed by atoms with Crippen molar-refractivity contribution in [2.75, 3.05) is 5.73 Å². The highest BCUT2D eigenvalue weighted by Crippen LogP contribution is 2.40. The maximum atomic E-state index is 5.83. The van der Waals surface area contributed by atoms with Crippen LogP contribution in [0.25, 0.3) is 0 Å². The van der Waals surface area contributed by atoms with Gasteiger partial charge in [-0.15, -0.1) is 0 Å². The Morgan fingerprint density at radius 3 is 2.83 bits per heavy atom. The Kier molecular flexibility index (Phi) is 1.75. The number of nitrogens with zero attached hydrogens (tertiary/aromatic N) is 1. The van der Waals surface area contributed by atoms with Crippen molar-refractivity contribution in [1.29, 1.82) is 0 Å². The third-order valence-electron chi connectivity index (χ3n) is 2.41. The summed E-state index contributed by atoms with van der Waals surface area (Å²) in [5, 5.41) is 0. The molecule has 0 spiro atoms. The van der Waals surface area contributed by atoms with Crippen LogP contribution in [0.5, 0.6) is 0 Å². The van der Waals surface area contributed by atoms with Gasteiger partial charge in [-0.05, 0) is 36.8 Å². The summed E-state index contributed by atoms with van der Waals surface area (Å²) < 4.78 is 0. The average Bonchev–Trinajstić information content (AvgIpc) is 2.86. The van der Waals surface area contributed by atoms with Gasteiger partial charge in [0.15, 0.2) is 0 Å². The molecule has 0 unspecified atom stereocenters. The first kappa shape index (κ1) is 7.59. The molecule has 64 valence electrons. The lowest BCUT2D eigenvalue weighted by molar-refractivity contribution is 1.01. The zero-order valence-corrected chi connectivity index (χ0v) is 7.38. The maximum Gasteiger partial charge on any atom is 0.0630 e. The third kappa shape index (κ3) is 1.29. The number of hydrogen-bond acceptors (Lipinski definition) is 2. The van der Waals surface area contributed by atoms with Crippen molar-refractivity contribution in [3.8, 4) is 0 Å². The van der Waals surface area contributed by atoms with Crippen LogP contribution >= 0.6 is 0 Å². The van der Waals surface area contributed by atoms with E-state index >= 15 is 0 Å². The Morgan fingerprint density at radius 2 is 2.33 bits per heavy atom. The maximum absolute atomic E-state index is 5.83. The molecule has 1 aromatic heterocycles. The minimum Gasteiger partial charge on any atom is -0.397 e. The number of hydrogen-bond donors (Lipinski definition) is 1. The summed E-state index contributed by atoms with van der Waals surface area (Å²) in [6, 6.07) is 2.09. The Balaban J connectivity index is 2.30. The zero-order valence-electron chi connectivity index (χ0n) is 7.38. The number of aryl methyl sites for hydroxylation is 1. The highest BCUT2D eigenvalue weighted by Gasteiger charge is 2.24. The van der Waals surface area contributed by atoms with E-state index in [2.05, 4.69) is 18.0 Å². The second kappa shape index (κ2) is 2.77. The van der Waals surface area contributed by atoms with Gasteiger partial charge in [0.1, 0.15) is 0 Å². The van der Waals surface area contributed by atoms with Crippen molar-refractivity contribution in [2.45, 2.75) is 32.1 Å². The summed E-state index contributed by atoms with van der Waals surface area (Å²) in [6.45, 7) is 2.08. The molecule has 0 amide bonds. The van der Waals surface area contributed by atoms with Crippen LogP contribution in [0.4, 0.5) is 5.69 Å². The molecular formula is C10H14N2. The standard InChI is InChI=1S/C10H14N2/c1-2-10-9(11)5-8(6-12-10)7-3-4-7/h5-7H,2-4,11H2,1H3. The largest absolute Gasteiger partial charge is 0.397 e. The Labute approximate surface area is 72.8 Å². The van der Waals surface area contributed by atoms with Gasteiger partial charge < -0.3 is 5.73 Å². The zero-order chi connectivity index (χ0) is 8.55. The first-order chi connectivity index (χ1) is 5.81. The van der Waals surface area contributed by atoms with Gasteiger partial charge in [0.2, 0.25) is 0 Å². The first-order valence-electron chi connectivity index (χ1n) is 4.55. The predicted octanol–water partition coefficient (Wildman–Crippen LogP) is 2.10. The van der Waals surface area contributed by atoms with Crippen molar-refractivity contribution in [1.82, 2.24) is 4.98 Å². The molecule has 0 aromatic carbocycles. The number of anilines is 1. The van der Waals surface area contributed by atoms with Crippen LogP contribution in [-0.2, 0) is 6.42 Å². The third-order valence-corrected chi connectivity index (χ3v) is 2.41. The SMILES string of the molecule is CCc1ncc(C2CC2)cc1N. The number of aromatic nitrogens is 1. The normalized spacial score (nSPS) is 16.4. The van der Waals surface area contributed by atoms with E-state index in [1.165, 1.54) is 18.4 Å². The van der Waals surface area contributed by atoms with Crippen LogP contribution in [0, 0.1) is 0 Å². The molecule has 0 aliphatic heterocycles. The molecule has 0 saturated heterocycles. The summed E-state index contributed by atoms with van der Waals surface area (Å²) in [5.74, 6) is 0.755. The lowest BCUT2D eigenvalue weighted by atomic mass is 10.1. The van der Waals surface area contributed by atoms with Gasteiger partial charge in [0.05, 0.1) is 11.4 Å². The van der Waals surface area contributed by atoms with Crippen LogP contribution < -0.4 is 5.73 Å². The predicted molar refractivity (Wildman–Crippen MR) is 50.0 cm³/mol. The van der Waals surface area contributed by atoms with Crippen molar-refractivity contribution >= 4 is 5.69 Å². The highest BCUT2D eigenvalue weighted by molar-refractivity contribution is 5.46. The lowest BCUT2D eigenvalue weighted by Crippen LogP contribution is -1.97. The minimum absolute atomic E-state index is 0.755. The van der Waals surface area contributed by atoms with E-state index < -0.39 is 0 Å². The molecule has 1 saturated carbocycles. The molecule has 1 fully saturated rings. The number of nitrogen functional groups attached to an aromatic ring is 1. The molecule has 0 radical (unpaired) electrons. The Morgan fingerprint density at radius 1 is 1.58 bits per heavy atom. The van der Waals surface area contributed by atoms with E-state index in [1.54, 1.807) is 0 Å². The van der Waals surface area contributed by atoms with Crippen LogP contribution in [0.1, 0.15) is 36.9 Å². The van der Waals surface area contributed by atoms with Crippen molar-refractivity contribution < 1.29 is 0 Å². The van der Waals surface area contributed by atoms with Gasteiger partial charge in [-0.2, -0.15) is 0 Å². The van der Waals surface area contributed by atoms with Crippen molar-refractivity contribution in [3.05, 3.63) is 23.5 Å². The number of nitrogens with two attached hydrogens (primary N) is 1. The molecule has 2 rings (SSSR count). The lowest BCUT2D eigenvalue weighted by Gasteiger charge is -2.03. The second-order valence-corrected chi connectivity index (χ2v) is 3.43. The molecule has 1 aliphatic carbocycles. The molecule has 12 heavy (non-hydrogen) atoms. The minimum atomic E-state index is 0.755. The van der Waals surface area contributed by atoms with Crippen molar-refractivity contribution in [2.24, 2.45) is 0 Å². The van der Waals surface area contributed by atoms with E-state index in [0.29, 0.717) is 0 Å². The molecule has 1 aromatic rings. The molecule has 2 nitrogen and oxygen atoms in total. The van der Waals surface area contributed by atoms with E-state index in [9.17, 15) is 0 Å². The molecule has 0 atom stereocenters. The van der Waals surface area contributed by atoms with E-state index in [1.807, 2.05) is 6.20 Å².